The van der Waals surface area contributed by atoms with E-state index in [-0.39, 0.29) is 0 Å². The summed E-state index contributed by atoms with van der Waals surface area (Å²) < 4.78 is 37.8. The van der Waals surface area contributed by atoms with Crippen LogP contribution in [0.2, 0.25) is 0 Å². The van der Waals surface area contributed by atoms with Crippen LogP contribution in [0.5, 0.6) is 0 Å². The summed E-state index contributed by atoms with van der Waals surface area (Å²) in [5, 5.41) is 0. The quantitative estimate of drug-likeness (QED) is 0.455. The van der Waals surface area contributed by atoms with Crippen LogP contribution >= 0.6 is 0 Å². The van der Waals surface area contributed by atoms with Crippen molar-refractivity contribution in [1.29, 1.82) is 0 Å². The van der Waals surface area contributed by atoms with Crippen molar-refractivity contribution in [3.63, 3.8) is 0 Å². The fraction of sp³-hybridized carbons (Fsp3) is 0.680. The zero-order valence-electron chi connectivity index (χ0n) is 17.2. The van der Waals surface area contributed by atoms with Crippen LogP contribution in [0.3, 0.4) is 0 Å². The molecule has 2 aliphatic carbocycles. The molecule has 0 amide bonds. The molecule has 0 heterocycles. The van der Waals surface area contributed by atoms with Crippen LogP contribution in [0.1, 0.15) is 88.7 Å². The molecule has 0 aliphatic heterocycles. The molecule has 0 aromatic heterocycles. The van der Waals surface area contributed by atoms with E-state index < -0.39 is 11.7 Å². The maximum absolute atomic E-state index is 12.6. The van der Waals surface area contributed by atoms with E-state index >= 15 is 0 Å². The maximum Gasteiger partial charge on any atom is 0.416 e. The summed E-state index contributed by atoms with van der Waals surface area (Å²) in [6, 6.07) is 5.43. The predicted octanol–water partition coefficient (Wildman–Crippen LogP) is 8.52. The van der Waals surface area contributed by atoms with E-state index in [1.54, 1.807) is 12.1 Å². The van der Waals surface area contributed by atoms with E-state index in [1.807, 2.05) is 6.08 Å². The number of hydrogen-bond acceptors (Lipinski definition) is 0. The Morgan fingerprint density at radius 1 is 0.821 bits per heavy atom. The molecule has 0 spiro atoms. The average molecular weight is 393 g/mol. The summed E-state index contributed by atoms with van der Waals surface area (Å²) in [4.78, 5) is 0. The third-order valence-electron chi connectivity index (χ3n) is 7.32. The Hall–Kier alpha value is -1.25. The molecule has 2 saturated carbocycles. The summed E-state index contributed by atoms with van der Waals surface area (Å²) in [6.07, 6.45) is 14.8. The number of hydrogen-bond donors (Lipinski definition) is 0. The van der Waals surface area contributed by atoms with Gasteiger partial charge in [0, 0.05) is 0 Å². The third kappa shape index (κ3) is 6.12. The van der Waals surface area contributed by atoms with Crippen molar-refractivity contribution in [1.82, 2.24) is 0 Å². The first kappa shape index (κ1) is 21.5. The first-order valence-electron chi connectivity index (χ1n) is 11.3. The molecular formula is C25H35F3. The van der Waals surface area contributed by atoms with Crippen molar-refractivity contribution in [2.45, 2.75) is 83.7 Å². The zero-order valence-corrected chi connectivity index (χ0v) is 17.2. The zero-order chi connectivity index (χ0) is 20.0. The fourth-order valence-electron chi connectivity index (χ4n) is 5.35. The predicted molar refractivity (Wildman–Crippen MR) is 111 cm³/mol. The van der Waals surface area contributed by atoms with Crippen LogP contribution in [0.15, 0.2) is 30.3 Å². The van der Waals surface area contributed by atoms with E-state index in [9.17, 15) is 13.2 Å². The van der Waals surface area contributed by atoms with Crippen molar-refractivity contribution in [3.8, 4) is 0 Å². The average Bonchev–Trinajstić information content (AvgIpc) is 2.71. The van der Waals surface area contributed by atoms with Crippen LogP contribution in [-0.4, -0.2) is 0 Å². The lowest BCUT2D eigenvalue weighted by Crippen LogP contribution is -2.25. The topological polar surface area (TPSA) is 0 Å². The van der Waals surface area contributed by atoms with Gasteiger partial charge in [0.2, 0.25) is 0 Å². The molecule has 0 atom stereocenters. The minimum Gasteiger partial charge on any atom is -0.166 e. The second-order valence-electron chi connectivity index (χ2n) is 9.07. The van der Waals surface area contributed by atoms with E-state index in [2.05, 4.69) is 13.0 Å². The van der Waals surface area contributed by atoms with Crippen molar-refractivity contribution < 1.29 is 13.2 Å². The highest BCUT2D eigenvalue weighted by atomic mass is 19.4. The largest absolute Gasteiger partial charge is 0.416 e. The van der Waals surface area contributed by atoms with E-state index in [0.29, 0.717) is 0 Å². The Bertz CT molecular complexity index is 598. The number of allylic oxidation sites excluding steroid dienone is 1. The van der Waals surface area contributed by atoms with Gasteiger partial charge in [-0.25, -0.2) is 0 Å². The number of rotatable bonds is 6. The van der Waals surface area contributed by atoms with Crippen LogP contribution < -0.4 is 0 Å². The van der Waals surface area contributed by atoms with Gasteiger partial charge in [-0.3, -0.25) is 0 Å². The van der Waals surface area contributed by atoms with Gasteiger partial charge in [0.05, 0.1) is 5.56 Å². The van der Waals surface area contributed by atoms with E-state index in [4.69, 9.17) is 0 Å². The highest BCUT2D eigenvalue weighted by Crippen LogP contribution is 2.42. The Labute approximate surface area is 168 Å². The second-order valence-corrected chi connectivity index (χ2v) is 9.07. The second kappa shape index (κ2) is 9.98. The van der Waals surface area contributed by atoms with Crippen molar-refractivity contribution >= 4 is 6.08 Å². The van der Waals surface area contributed by atoms with Gasteiger partial charge >= 0.3 is 6.18 Å². The van der Waals surface area contributed by atoms with Crippen LogP contribution in [0.25, 0.3) is 6.08 Å². The van der Waals surface area contributed by atoms with Gasteiger partial charge in [-0.1, -0.05) is 63.3 Å². The van der Waals surface area contributed by atoms with Gasteiger partial charge in [0.25, 0.3) is 0 Å². The normalized spacial score (nSPS) is 29.3. The fourth-order valence-corrected chi connectivity index (χ4v) is 5.35. The van der Waals surface area contributed by atoms with E-state index in [1.165, 1.54) is 64.2 Å². The minimum atomic E-state index is -4.25. The molecule has 1 aromatic carbocycles. The molecule has 0 N–H and O–H groups in total. The molecular weight excluding hydrogens is 357 g/mol. The lowest BCUT2D eigenvalue weighted by atomic mass is 9.68. The molecule has 156 valence electrons. The molecule has 0 saturated heterocycles. The lowest BCUT2D eigenvalue weighted by molar-refractivity contribution is -0.137. The highest BCUT2D eigenvalue weighted by molar-refractivity contribution is 5.49. The van der Waals surface area contributed by atoms with Crippen LogP contribution in [-0.2, 0) is 6.18 Å². The molecule has 28 heavy (non-hydrogen) atoms. The minimum absolute atomic E-state index is 0.579. The van der Waals surface area contributed by atoms with Gasteiger partial charge < -0.3 is 0 Å². The summed E-state index contributed by atoms with van der Waals surface area (Å²) in [6.45, 7) is 2.34. The molecule has 0 nitrogen and oxygen atoms in total. The Balaban J connectivity index is 1.35. The summed E-state index contributed by atoms with van der Waals surface area (Å²) in [5.74, 6) is 3.78. The smallest absolute Gasteiger partial charge is 0.166 e. The SMILES string of the molecule is CCC1CCC(C2CCC(CC/C=C\c3ccc(C(F)(F)F)cc3)CC2)CC1. The number of alkyl halides is 3. The molecule has 3 rings (SSSR count). The summed E-state index contributed by atoms with van der Waals surface area (Å²) >= 11 is 0. The van der Waals surface area contributed by atoms with Gasteiger partial charge in [0.15, 0.2) is 0 Å². The van der Waals surface area contributed by atoms with E-state index in [0.717, 1.165) is 47.8 Å². The molecule has 2 fully saturated rings. The van der Waals surface area contributed by atoms with Gasteiger partial charge in [-0.2, -0.15) is 13.2 Å². The van der Waals surface area contributed by atoms with Crippen LogP contribution in [0.4, 0.5) is 13.2 Å². The Morgan fingerprint density at radius 2 is 1.36 bits per heavy atom. The first-order valence-corrected chi connectivity index (χ1v) is 11.3. The Kier molecular flexibility index (Phi) is 7.65. The van der Waals surface area contributed by atoms with Crippen molar-refractivity contribution in [2.75, 3.05) is 0 Å². The standard InChI is InChI=1S/C25H35F3/c1-2-19-7-13-22(14-8-19)23-15-9-20(10-16-23)5-3-4-6-21-11-17-24(18-12-21)25(26,27)28/h4,6,11-12,17-20,22-23H,2-3,5,7-10,13-16H2,1H3/b6-4-. The molecule has 0 unspecified atom stereocenters. The molecule has 3 heteroatoms. The van der Waals surface area contributed by atoms with Gasteiger partial charge in [-0.05, 0) is 79.9 Å². The summed E-state index contributed by atoms with van der Waals surface area (Å²) in [7, 11) is 0. The highest BCUT2D eigenvalue weighted by Gasteiger charge is 2.31. The lowest BCUT2D eigenvalue weighted by Gasteiger charge is -2.37. The van der Waals surface area contributed by atoms with Crippen molar-refractivity contribution in [3.05, 3.63) is 41.5 Å². The van der Waals surface area contributed by atoms with Crippen LogP contribution in [0, 0.1) is 23.7 Å². The maximum atomic E-state index is 12.6. The third-order valence-corrected chi connectivity index (χ3v) is 7.32. The number of benzene rings is 1. The molecule has 0 bridgehead atoms. The summed E-state index contributed by atoms with van der Waals surface area (Å²) in [5.41, 5.74) is 0.268. The number of halogens is 3. The molecule has 1 aromatic rings. The monoisotopic (exact) mass is 392 g/mol. The van der Waals surface area contributed by atoms with Crippen molar-refractivity contribution in [2.24, 2.45) is 23.7 Å². The first-order chi connectivity index (χ1) is 13.5. The molecule has 0 radical (unpaired) electrons. The Morgan fingerprint density at radius 3 is 1.86 bits per heavy atom. The van der Waals surface area contributed by atoms with Gasteiger partial charge in [0.1, 0.15) is 0 Å². The van der Waals surface area contributed by atoms with Gasteiger partial charge in [-0.15, -0.1) is 0 Å². The molecule has 2 aliphatic rings.